The van der Waals surface area contributed by atoms with E-state index in [4.69, 9.17) is 0 Å². The Kier molecular flexibility index (Phi) is 3.69. The summed E-state index contributed by atoms with van der Waals surface area (Å²) >= 11 is 4.18. The van der Waals surface area contributed by atoms with Crippen LogP contribution >= 0.6 is 12.6 Å². The first kappa shape index (κ1) is 10.2. The Morgan fingerprint density at radius 2 is 2.25 bits per heavy atom. The molecule has 0 bridgehead atoms. The minimum absolute atomic E-state index is 0. The van der Waals surface area contributed by atoms with Gasteiger partial charge in [0.25, 0.3) is 0 Å². The fourth-order valence-corrected chi connectivity index (χ4v) is 1.20. The molecule has 12 heavy (non-hydrogen) atoms. The zero-order chi connectivity index (χ0) is 7.68. The smallest absolute Gasteiger partial charge is 0.0372 e. The monoisotopic (exact) mass is 249 g/mol. The Morgan fingerprint density at radius 3 is 3.08 bits per heavy atom. The van der Waals surface area contributed by atoms with E-state index in [0.29, 0.717) is 0 Å². The van der Waals surface area contributed by atoms with Gasteiger partial charge in [-0.05, 0) is 5.52 Å². The van der Waals surface area contributed by atoms with Crippen LogP contribution in [0.15, 0.2) is 35.4 Å². The van der Waals surface area contributed by atoms with Crippen molar-refractivity contribution in [2.75, 3.05) is 0 Å². The van der Waals surface area contributed by atoms with Crippen molar-refractivity contribution in [1.82, 2.24) is 4.98 Å². The van der Waals surface area contributed by atoms with E-state index < -0.39 is 0 Å². The van der Waals surface area contributed by atoms with Crippen LogP contribution in [0.3, 0.4) is 0 Å². The predicted molar refractivity (Wildman–Crippen MR) is 47.8 cm³/mol. The topological polar surface area (TPSA) is 12.9 Å². The molecule has 1 aromatic heterocycles. The molecule has 0 aliphatic rings. The molecule has 0 N–H and O–H groups in total. The van der Waals surface area contributed by atoms with Crippen LogP contribution in [0.4, 0.5) is 0 Å². The number of rotatable bonds is 0. The van der Waals surface area contributed by atoms with E-state index in [-0.39, 0.29) is 32.7 Å². The molecule has 3 heteroatoms. The van der Waals surface area contributed by atoms with Gasteiger partial charge in [-0.25, -0.2) is 0 Å². The normalized spacial score (nSPS) is 9.42. The summed E-state index contributed by atoms with van der Waals surface area (Å²) in [5.41, 5.74) is 0.988. The third-order valence-corrected chi connectivity index (χ3v) is 1.76. The van der Waals surface area contributed by atoms with E-state index in [2.05, 4.69) is 23.7 Å². The summed E-state index contributed by atoms with van der Waals surface area (Å²) < 4.78 is 0. The maximum atomic E-state index is 4.18. The van der Waals surface area contributed by atoms with Crippen LogP contribution in [-0.2, 0) is 32.7 Å². The molecule has 0 aliphatic heterocycles. The predicted octanol–water partition coefficient (Wildman–Crippen LogP) is 2.32. The van der Waals surface area contributed by atoms with Crippen molar-refractivity contribution in [1.29, 1.82) is 0 Å². The van der Waals surface area contributed by atoms with E-state index in [9.17, 15) is 0 Å². The van der Waals surface area contributed by atoms with Crippen LogP contribution in [0.25, 0.3) is 10.9 Å². The summed E-state index contributed by atoms with van der Waals surface area (Å²) in [6.07, 6.45) is 1.74. The first-order chi connectivity index (χ1) is 5.36. The summed E-state index contributed by atoms with van der Waals surface area (Å²) in [4.78, 5) is 5.07. The number of thiol groups is 1. The Bertz CT molecular complexity index is 389. The van der Waals surface area contributed by atoms with Crippen LogP contribution < -0.4 is 0 Å². The van der Waals surface area contributed by atoms with E-state index in [0.717, 1.165) is 15.8 Å². The van der Waals surface area contributed by atoms with Crippen molar-refractivity contribution in [3.63, 3.8) is 0 Å². The second kappa shape index (κ2) is 4.36. The molecule has 2 rings (SSSR count). The van der Waals surface area contributed by atoms with Crippen LogP contribution in [0.2, 0.25) is 0 Å². The number of fused-ring (bicyclic) bond motifs is 1. The molecule has 0 aliphatic carbocycles. The summed E-state index contributed by atoms with van der Waals surface area (Å²) in [5.74, 6) is 0. The summed E-state index contributed by atoms with van der Waals surface area (Å²) in [6, 6.07) is 10.7. The summed E-state index contributed by atoms with van der Waals surface area (Å²) in [7, 11) is 0. The van der Waals surface area contributed by atoms with Gasteiger partial charge in [0, 0.05) is 43.8 Å². The molecular formula is C9H6NSY-. The van der Waals surface area contributed by atoms with Gasteiger partial charge in [-0.3, -0.25) is 4.98 Å². The van der Waals surface area contributed by atoms with Crippen molar-refractivity contribution in [3.8, 4) is 0 Å². The van der Waals surface area contributed by atoms with E-state index >= 15 is 0 Å². The van der Waals surface area contributed by atoms with Crippen LogP contribution in [0.5, 0.6) is 0 Å². The Hall–Kier alpha value is 0.0839. The summed E-state index contributed by atoms with van der Waals surface area (Å²) in [6.45, 7) is 0. The largest absolute Gasteiger partial charge is 0.281 e. The molecule has 0 amide bonds. The SMILES string of the molecule is Sc1cnc2cc[c-]cc2c1.[Y]. The van der Waals surface area contributed by atoms with Crippen LogP contribution in [0, 0.1) is 6.07 Å². The third kappa shape index (κ3) is 2.06. The molecule has 1 nitrogen and oxygen atoms in total. The number of aromatic nitrogens is 1. The second-order valence-electron chi connectivity index (χ2n) is 2.31. The number of hydrogen-bond donors (Lipinski definition) is 1. The first-order valence-corrected chi connectivity index (χ1v) is 3.76. The fraction of sp³-hybridized carbons (Fsp3) is 0. The Labute approximate surface area is 102 Å². The third-order valence-electron chi connectivity index (χ3n) is 1.51. The quantitative estimate of drug-likeness (QED) is 0.558. The molecule has 0 spiro atoms. The Morgan fingerprint density at radius 1 is 1.42 bits per heavy atom. The number of hydrogen-bond acceptors (Lipinski definition) is 2. The van der Waals surface area contributed by atoms with E-state index in [1.807, 2.05) is 24.3 Å². The molecule has 0 unspecified atom stereocenters. The van der Waals surface area contributed by atoms with Gasteiger partial charge in [0.1, 0.15) is 0 Å². The van der Waals surface area contributed by atoms with Gasteiger partial charge in [-0.2, -0.15) is 18.2 Å². The van der Waals surface area contributed by atoms with Crippen molar-refractivity contribution >= 4 is 23.5 Å². The van der Waals surface area contributed by atoms with Gasteiger partial charge in [0.15, 0.2) is 0 Å². The van der Waals surface area contributed by atoms with E-state index in [1.54, 1.807) is 6.20 Å². The molecule has 1 radical (unpaired) electrons. The van der Waals surface area contributed by atoms with Gasteiger partial charge < -0.3 is 0 Å². The van der Waals surface area contributed by atoms with Crippen molar-refractivity contribution in [2.45, 2.75) is 4.90 Å². The molecular weight excluding hydrogens is 243 g/mol. The second-order valence-corrected chi connectivity index (χ2v) is 2.83. The van der Waals surface area contributed by atoms with Crippen molar-refractivity contribution in [2.24, 2.45) is 0 Å². The molecule has 0 saturated heterocycles. The zero-order valence-corrected chi connectivity index (χ0v) is 10.1. The van der Waals surface area contributed by atoms with Gasteiger partial charge >= 0.3 is 0 Å². The minimum Gasteiger partial charge on any atom is -0.281 e. The number of nitrogens with zero attached hydrogens (tertiary/aromatic N) is 1. The first-order valence-electron chi connectivity index (χ1n) is 3.31. The minimum atomic E-state index is 0. The number of pyridine rings is 1. The molecule has 1 heterocycles. The van der Waals surface area contributed by atoms with Gasteiger partial charge in [-0.15, -0.1) is 24.1 Å². The zero-order valence-electron chi connectivity index (χ0n) is 6.36. The maximum absolute atomic E-state index is 4.18. The standard InChI is InChI=1S/C9H6NS.Y/c11-8-5-7-3-1-2-4-9(7)10-6-8;/h2-6,11H;/q-1;. The van der Waals surface area contributed by atoms with Gasteiger partial charge in [0.05, 0.1) is 0 Å². The molecule has 57 valence electrons. The average Bonchev–Trinajstić information content (AvgIpc) is 2.04. The van der Waals surface area contributed by atoms with E-state index in [1.165, 1.54) is 0 Å². The number of benzene rings is 1. The molecule has 0 atom stereocenters. The van der Waals surface area contributed by atoms with Crippen LogP contribution in [-0.4, -0.2) is 4.98 Å². The molecule has 1 aromatic carbocycles. The van der Waals surface area contributed by atoms with Crippen molar-refractivity contribution in [3.05, 3.63) is 36.5 Å². The maximum Gasteiger partial charge on any atom is 0.0372 e. The molecule has 0 fully saturated rings. The average molecular weight is 249 g/mol. The van der Waals surface area contributed by atoms with Crippen LogP contribution in [0.1, 0.15) is 0 Å². The van der Waals surface area contributed by atoms with Gasteiger partial charge in [0.2, 0.25) is 0 Å². The summed E-state index contributed by atoms with van der Waals surface area (Å²) in [5, 5.41) is 1.08. The fourth-order valence-electron chi connectivity index (χ4n) is 1.00. The molecule has 0 saturated carbocycles. The van der Waals surface area contributed by atoms with Crippen molar-refractivity contribution < 1.29 is 32.7 Å². The Balaban J connectivity index is 0.000000720. The van der Waals surface area contributed by atoms with Gasteiger partial charge in [-0.1, -0.05) is 6.07 Å². The molecule has 2 aromatic rings.